The molecule has 1 aromatic carbocycles. The van der Waals surface area contributed by atoms with Gasteiger partial charge in [-0.15, -0.1) is 24.0 Å². The van der Waals surface area contributed by atoms with E-state index in [1.165, 1.54) is 12.8 Å². The zero-order valence-electron chi connectivity index (χ0n) is 16.6. The van der Waals surface area contributed by atoms with Crippen LogP contribution < -0.4 is 10.2 Å². The summed E-state index contributed by atoms with van der Waals surface area (Å²) in [5.74, 6) is 0.819. The van der Waals surface area contributed by atoms with E-state index < -0.39 is 0 Å². The third-order valence-corrected chi connectivity index (χ3v) is 5.32. The van der Waals surface area contributed by atoms with Crippen LogP contribution in [0.4, 0.5) is 10.1 Å². The van der Waals surface area contributed by atoms with E-state index in [1.54, 1.807) is 6.07 Å². The number of hydrogen-bond donors (Lipinski definition) is 1. The average Bonchev–Trinajstić information content (AvgIpc) is 3.20. The summed E-state index contributed by atoms with van der Waals surface area (Å²) in [5.41, 5.74) is 1.65. The van der Waals surface area contributed by atoms with E-state index in [-0.39, 0.29) is 29.8 Å². The SMILES string of the molecule is CCNC(=NCc1ccc(N2CCN(CC)CC2)c(F)c1)N1CCCC1.I. The van der Waals surface area contributed by atoms with Crippen molar-refractivity contribution >= 4 is 35.6 Å². The van der Waals surface area contributed by atoms with Crippen LogP contribution in [0, 0.1) is 5.82 Å². The fraction of sp³-hybridized carbons (Fsp3) is 0.650. The molecule has 0 bridgehead atoms. The molecular formula is C20H33FIN5. The summed E-state index contributed by atoms with van der Waals surface area (Å²) in [6.07, 6.45) is 2.44. The van der Waals surface area contributed by atoms with Gasteiger partial charge in [0.1, 0.15) is 5.82 Å². The van der Waals surface area contributed by atoms with E-state index in [4.69, 9.17) is 4.99 Å². The largest absolute Gasteiger partial charge is 0.367 e. The highest BCUT2D eigenvalue weighted by molar-refractivity contribution is 14.0. The molecular weight excluding hydrogens is 456 g/mol. The Morgan fingerprint density at radius 2 is 1.78 bits per heavy atom. The highest BCUT2D eigenvalue weighted by Gasteiger charge is 2.19. The standard InChI is InChI=1S/C20H32FN5.HI/c1-3-22-20(26-9-5-6-10-26)23-16-17-7-8-19(18(21)15-17)25-13-11-24(4-2)12-14-25;/h7-8,15H,3-6,9-14,16H2,1-2H3,(H,22,23);1H. The van der Waals surface area contributed by atoms with Crippen LogP contribution in [0.15, 0.2) is 23.2 Å². The third kappa shape index (κ3) is 5.94. The van der Waals surface area contributed by atoms with Gasteiger partial charge in [-0.25, -0.2) is 9.38 Å². The third-order valence-electron chi connectivity index (χ3n) is 5.32. The minimum absolute atomic E-state index is 0. The van der Waals surface area contributed by atoms with Crippen molar-refractivity contribution in [1.29, 1.82) is 0 Å². The summed E-state index contributed by atoms with van der Waals surface area (Å²) in [7, 11) is 0. The van der Waals surface area contributed by atoms with Gasteiger partial charge >= 0.3 is 0 Å². The summed E-state index contributed by atoms with van der Waals surface area (Å²) in [6, 6.07) is 5.59. The quantitative estimate of drug-likeness (QED) is 0.392. The second-order valence-corrected chi connectivity index (χ2v) is 7.07. The fourth-order valence-electron chi connectivity index (χ4n) is 3.73. The number of piperazine rings is 1. The number of likely N-dealkylation sites (N-methyl/N-ethyl adjacent to an activating group) is 1. The predicted octanol–water partition coefficient (Wildman–Crippen LogP) is 3.15. The van der Waals surface area contributed by atoms with Gasteiger partial charge in [-0.05, 0) is 44.0 Å². The Balaban J connectivity index is 0.00000261. The maximum absolute atomic E-state index is 14.7. The highest BCUT2D eigenvalue weighted by Crippen LogP contribution is 2.22. The summed E-state index contributed by atoms with van der Waals surface area (Å²) in [5, 5.41) is 3.35. The molecule has 0 amide bonds. The molecule has 152 valence electrons. The number of aliphatic imine (C=N–C) groups is 1. The van der Waals surface area contributed by atoms with Gasteiger partial charge in [0.2, 0.25) is 0 Å². The van der Waals surface area contributed by atoms with Crippen molar-refractivity contribution in [2.75, 3.05) is 57.3 Å². The molecule has 0 unspecified atom stereocenters. The van der Waals surface area contributed by atoms with Crippen molar-refractivity contribution < 1.29 is 4.39 Å². The fourth-order valence-corrected chi connectivity index (χ4v) is 3.73. The molecule has 0 aromatic heterocycles. The van der Waals surface area contributed by atoms with Gasteiger partial charge in [-0.3, -0.25) is 0 Å². The van der Waals surface area contributed by atoms with Gasteiger partial charge in [0.05, 0.1) is 12.2 Å². The molecule has 5 nitrogen and oxygen atoms in total. The first-order valence-electron chi connectivity index (χ1n) is 10.00. The van der Waals surface area contributed by atoms with E-state index in [1.807, 2.05) is 12.1 Å². The Morgan fingerprint density at radius 3 is 2.37 bits per heavy atom. The lowest BCUT2D eigenvalue weighted by Gasteiger charge is -2.35. The number of nitrogens with one attached hydrogen (secondary N) is 1. The second kappa shape index (κ2) is 11.0. The molecule has 7 heteroatoms. The zero-order chi connectivity index (χ0) is 18.4. The molecule has 1 N–H and O–H groups in total. The number of anilines is 1. The normalized spacial score (nSPS) is 18.6. The number of rotatable bonds is 5. The molecule has 2 fully saturated rings. The smallest absolute Gasteiger partial charge is 0.194 e. The van der Waals surface area contributed by atoms with Gasteiger partial charge in [0, 0.05) is 45.8 Å². The lowest BCUT2D eigenvalue weighted by Crippen LogP contribution is -2.46. The predicted molar refractivity (Wildman–Crippen MR) is 122 cm³/mol. The molecule has 0 radical (unpaired) electrons. The van der Waals surface area contributed by atoms with E-state index in [0.29, 0.717) is 6.54 Å². The number of hydrogen-bond acceptors (Lipinski definition) is 3. The van der Waals surface area contributed by atoms with Crippen molar-refractivity contribution in [3.05, 3.63) is 29.6 Å². The Morgan fingerprint density at radius 1 is 1.07 bits per heavy atom. The van der Waals surface area contributed by atoms with Crippen LogP contribution in [0.2, 0.25) is 0 Å². The lowest BCUT2D eigenvalue weighted by atomic mass is 10.1. The number of benzene rings is 1. The van der Waals surface area contributed by atoms with Crippen LogP contribution >= 0.6 is 24.0 Å². The number of likely N-dealkylation sites (tertiary alicyclic amines) is 1. The van der Waals surface area contributed by atoms with Crippen LogP contribution in [0.5, 0.6) is 0 Å². The molecule has 0 saturated carbocycles. The van der Waals surface area contributed by atoms with Gasteiger partial charge in [-0.2, -0.15) is 0 Å². The minimum Gasteiger partial charge on any atom is -0.367 e. The van der Waals surface area contributed by atoms with Crippen LogP contribution in [-0.4, -0.2) is 68.1 Å². The maximum atomic E-state index is 14.7. The molecule has 0 spiro atoms. The summed E-state index contributed by atoms with van der Waals surface area (Å²) >= 11 is 0. The molecule has 3 rings (SSSR count). The maximum Gasteiger partial charge on any atom is 0.194 e. The number of guanidine groups is 1. The van der Waals surface area contributed by atoms with Crippen molar-refractivity contribution in [1.82, 2.24) is 15.1 Å². The Labute approximate surface area is 180 Å². The first-order chi connectivity index (χ1) is 12.7. The monoisotopic (exact) mass is 489 g/mol. The Bertz CT molecular complexity index is 610. The van der Waals surface area contributed by atoms with Gasteiger partial charge in [0.15, 0.2) is 5.96 Å². The van der Waals surface area contributed by atoms with Crippen molar-refractivity contribution in [2.45, 2.75) is 33.2 Å². The van der Waals surface area contributed by atoms with Crippen LogP contribution in [-0.2, 0) is 6.54 Å². The van der Waals surface area contributed by atoms with Gasteiger partial charge in [-0.1, -0.05) is 13.0 Å². The Hall–Kier alpha value is -1.09. The summed E-state index contributed by atoms with van der Waals surface area (Å²) in [6.45, 7) is 12.6. The van der Waals surface area contributed by atoms with Crippen LogP contribution in [0.3, 0.4) is 0 Å². The first-order valence-corrected chi connectivity index (χ1v) is 10.00. The molecule has 27 heavy (non-hydrogen) atoms. The molecule has 1 aromatic rings. The van der Waals surface area contributed by atoms with Crippen molar-refractivity contribution in [3.8, 4) is 0 Å². The minimum atomic E-state index is -0.131. The highest BCUT2D eigenvalue weighted by atomic mass is 127. The average molecular weight is 489 g/mol. The molecule has 0 aliphatic carbocycles. The van der Waals surface area contributed by atoms with E-state index in [0.717, 1.165) is 69.6 Å². The summed E-state index contributed by atoms with van der Waals surface area (Å²) in [4.78, 5) is 11.6. The lowest BCUT2D eigenvalue weighted by molar-refractivity contribution is 0.270. The first kappa shape index (κ1) is 22.2. The van der Waals surface area contributed by atoms with Gasteiger partial charge < -0.3 is 20.0 Å². The zero-order valence-corrected chi connectivity index (χ0v) is 18.9. The topological polar surface area (TPSA) is 34.1 Å². The molecule has 2 heterocycles. The van der Waals surface area contributed by atoms with E-state index >= 15 is 0 Å². The molecule has 2 saturated heterocycles. The van der Waals surface area contributed by atoms with Gasteiger partial charge in [0.25, 0.3) is 0 Å². The second-order valence-electron chi connectivity index (χ2n) is 7.07. The number of halogens is 2. The Kier molecular flexibility index (Phi) is 9.08. The van der Waals surface area contributed by atoms with Crippen LogP contribution in [0.25, 0.3) is 0 Å². The molecule has 2 aliphatic rings. The van der Waals surface area contributed by atoms with Crippen molar-refractivity contribution in [3.63, 3.8) is 0 Å². The van der Waals surface area contributed by atoms with Crippen LogP contribution in [0.1, 0.15) is 32.3 Å². The van der Waals surface area contributed by atoms with Crippen molar-refractivity contribution in [2.24, 2.45) is 4.99 Å². The molecule has 0 atom stereocenters. The van der Waals surface area contributed by atoms with E-state index in [9.17, 15) is 4.39 Å². The number of nitrogens with zero attached hydrogens (tertiary/aromatic N) is 4. The van der Waals surface area contributed by atoms with E-state index in [2.05, 4.69) is 33.9 Å². The summed E-state index contributed by atoms with van der Waals surface area (Å²) < 4.78 is 14.7. The molecule has 2 aliphatic heterocycles.